The van der Waals surface area contributed by atoms with Crippen LogP contribution in [-0.2, 0) is 11.2 Å². The van der Waals surface area contributed by atoms with Gasteiger partial charge in [-0.1, -0.05) is 34.1 Å². The van der Waals surface area contributed by atoms with Crippen molar-refractivity contribution in [3.63, 3.8) is 0 Å². The Morgan fingerprint density at radius 1 is 1.41 bits per heavy atom. The van der Waals surface area contributed by atoms with Gasteiger partial charge >= 0.3 is 0 Å². The van der Waals surface area contributed by atoms with Crippen molar-refractivity contribution in [2.45, 2.75) is 27.8 Å². The second-order valence-corrected chi connectivity index (χ2v) is 7.13. The standard InChI is InChI=1S/C13H14BrNOS/c14-10-5-6-15(8-10)13(16)12-7-9-3-1-2-4-11(9)17-12/h1-4,10,12H,5-8H2. The van der Waals surface area contributed by atoms with Crippen LogP contribution in [0.3, 0.4) is 0 Å². The molecule has 0 aliphatic carbocycles. The van der Waals surface area contributed by atoms with E-state index < -0.39 is 0 Å². The lowest BCUT2D eigenvalue weighted by atomic mass is 10.1. The van der Waals surface area contributed by atoms with Crippen molar-refractivity contribution < 1.29 is 4.79 Å². The third kappa shape index (κ3) is 2.25. The van der Waals surface area contributed by atoms with Crippen LogP contribution < -0.4 is 0 Å². The van der Waals surface area contributed by atoms with E-state index in [0.717, 1.165) is 25.9 Å². The number of nitrogens with zero attached hydrogens (tertiary/aromatic N) is 1. The monoisotopic (exact) mass is 311 g/mol. The molecule has 0 N–H and O–H groups in total. The first-order valence-corrected chi connectivity index (χ1v) is 7.71. The molecule has 2 heterocycles. The van der Waals surface area contributed by atoms with Gasteiger partial charge in [-0.05, 0) is 24.5 Å². The van der Waals surface area contributed by atoms with Gasteiger partial charge in [0.1, 0.15) is 0 Å². The van der Waals surface area contributed by atoms with E-state index in [1.807, 2.05) is 11.0 Å². The van der Waals surface area contributed by atoms with E-state index in [2.05, 4.69) is 34.1 Å². The first-order chi connectivity index (χ1) is 8.24. The van der Waals surface area contributed by atoms with E-state index in [-0.39, 0.29) is 5.25 Å². The second kappa shape index (κ2) is 4.65. The quantitative estimate of drug-likeness (QED) is 0.743. The summed E-state index contributed by atoms with van der Waals surface area (Å²) in [6.07, 6.45) is 1.97. The minimum Gasteiger partial charge on any atom is -0.341 e. The first-order valence-electron chi connectivity index (χ1n) is 5.91. The van der Waals surface area contributed by atoms with Crippen molar-refractivity contribution in [2.24, 2.45) is 0 Å². The minimum atomic E-state index is 0.102. The number of likely N-dealkylation sites (tertiary alicyclic amines) is 1. The minimum absolute atomic E-state index is 0.102. The smallest absolute Gasteiger partial charge is 0.236 e. The molecule has 0 saturated carbocycles. The van der Waals surface area contributed by atoms with Crippen LogP contribution in [0, 0.1) is 0 Å². The molecular formula is C13H14BrNOS. The highest BCUT2D eigenvalue weighted by atomic mass is 79.9. The first kappa shape index (κ1) is 11.6. The summed E-state index contributed by atoms with van der Waals surface area (Å²) in [6.45, 7) is 1.77. The molecule has 17 heavy (non-hydrogen) atoms. The highest BCUT2D eigenvalue weighted by molar-refractivity contribution is 9.09. The lowest BCUT2D eigenvalue weighted by molar-refractivity contribution is -0.129. The summed E-state index contributed by atoms with van der Waals surface area (Å²) in [5, 5.41) is 0.102. The molecule has 2 atom stereocenters. The zero-order chi connectivity index (χ0) is 11.8. The molecule has 0 spiro atoms. The Labute approximate surface area is 114 Å². The zero-order valence-corrected chi connectivity index (χ0v) is 11.8. The molecule has 2 unspecified atom stereocenters. The Kier molecular flexibility index (Phi) is 3.17. The molecule has 0 radical (unpaired) electrons. The van der Waals surface area contributed by atoms with Crippen molar-refractivity contribution in [1.29, 1.82) is 0 Å². The maximum Gasteiger partial charge on any atom is 0.236 e. The summed E-state index contributed by atoms with van der Waals surface area (Å²) >= 11 is 5.31. The van der Waals surface area contributed by atoms with Gasteiger partial charge in [0.25, 0.3) is 0 Å². The largest absolute Gasteiger partial charge is 0.341 e. The molecule has 4 heteroatoms. The molecule has 1 aromatic carbocycles. The van der Waals surface area contributed by atoms with Crippen LogP contribution in [-0.4, -0.2) is 34.0 Å². The van der Waals surface area contributed by atoms with Crippen LogP contribution in [0.2, 0.25) is 0 Å². The Bertz CT molecular complexity index is 426. The summed E-state index contributed by atoms with van der Waals surface area (Å²) in [5.74, 6) is 0.313. The van der Waals surface area contributed by atoms with Crippen molar-refractivity contribution in [3.05, 3.63) is 29.8 Å². The van der Waals surface area contributed by atoms with E-state index in [1.165, 1.54) is 10.5 Å². The molecule has 1 fully saturated rings. The summed E-state index contributed by atoms with van der Waals surface area (Å²) in [4.78, 5) is 16.1. The van der Waals surface area contributed by atoms with Crippen LogP contribution in [0.5, 0.6) is 0 Å². The summed E-state index contributed by atoms with van der Waals surface area (Å²) in [7, 11) is 0. The fourth-order valence-corrected chi connectivity index (χ4v) is 4.27. The molecule has 1 aromatic rings. The number of benzene rings is 1. The number of hydrogen-bond donors (Lipinski definition) is 0. The number of carbonyl (C=O) groups is 1. The van der Waals surface area contributed by atoms with Crippen molar-refractivity contribution >= 4 is 33.6 Å². The van der Waals surface area contributed by atoms with Crippen LogP contribution in [0.4, 0.5) is 0 Å². The topological polar surface area (TPSA) is 20.3 Å². The Morgan fingerprint density at radius 2 is 2.24 bits per heavy atom. The normalized spacial score (nSPS) is 27.2. The van der Waals surface area contributed by atoms with Crippen LogP contribution in [0.25, 0.3) is 0 Å². The number of hydrogen-bond acceptors (Lipinski definition) is 2. The molecule has 1 amide bonds. The number of carbonyl (C=O) groups excluding carboxylic acids is 1. The lowest BCUT2D eigenvalue weighted by Crippen LogP contribution is -2.36. The van der Waals surface area contributed by atoms with Gasteiger partial charge in [-0.15, -0.1) is 11.8 Å². The molecule has 0 bridgehead atoms. The van der Waals surface area contributed by atoms with E-state index in [9.17, 15) is 4.79 Å². The average Bonchev–Trinajstić information content (AvgIpc) is 2.93. The maximum atomic E-state index is 12.3. The molecule has 1 saturated heterocycles. The predicted molar refractivity (Wildman–Crippen MR) is 73.7 cm³/mol. The molecular weight excluding hydrogens is 298 g/mol. The molecule has 90 valence electrons. The van der Waals surface area contributed by atoms with Crippen molar-refractivity contribution in [2.75, 3.05) is 13.1 Å². The molecule has 2 aliphatic rings. The van der Waals surface area contributed by atoms with Crippen LogP contribution in [0.15, 0.2) is 29.2 Å². The number of halogens is 1. The summed E-state index contributed by atoms with van der Waals surface area (Å²) in [6, 6.07) is 8.34. The van der Waals surface area contributed by atoms with Gasteiger partial charge in [0.15, 0.2) is 0 Å². The van der Waals surface area contributed by atoms with E-state index in [0.29, 0.717) is 10.7 Å². The van der Waals surface area contributed by atoms with Gasteiger partial charge in [0, 0.05) is 22.8 Å². The third-order valence-corrected chi connectivity index (χ3v) is 5.42. The number of alkyl halides is 1. The second-order valence-electron chi connectivity index (χ2n) is 4.59. The Balaban J connectivity index is 1.70. The highest BCUT2D eigenvalue weighted by Gasteiger charge is 2.34. The zero-order valence-electron chi connectivity index (χ0n) is 9.43. The average molecular weight is 312 g/mol. The predicted octanol–water partition coefficient (Wildman–Crippen LogP) is 2.70. The number of amides is 1. The van der Waals surface area contributed by atoms with Crippen LogP contribution in [0.1, 0.15) is 12.0 Å². The van der Waals surface area contributed by atoms with Crippen molar-refractivity contribution in [3.8, 4) is 0 Å². The summed E-state index contributed by atoms with van der Waals surface area (Å²) < 4.78 is 0. The van der Waals surface area contributed by atoms with Gasteiger partial charge in [-0.3, -0.25) is 4.79 Å². The number of rotatable bonds is 1. The van der Waals surface area contributed by atoms with Gasteiger partial charge in [-0.25, -0.2) is 0 Å². The lowest BCUT2D eigenvalue weighted by Gasteiger charge is -2.19. The van der Waals surface area contributed by atoms with Gasteiger partial charge in [-0.2, -0.15) is 0 Å². The molecule has 0 aromatic heterocycles. The number of fused-ring (bicyclic) bond motifs is 1. The Morgan fingerprint density at radius 3 is 2.94 bits per heavy atom. The molecule has 3 rings (SSSR count). The molecule has 2 nitrogen and oxygen atoms in total. The molecule has 2 aliphatic heterocycles. The van der Waals surface area contributed by atoms with Crippen molar-refractivity contribution in [1.82, 2.24) is 4.90 Å². The highest BCUT2D eigenvalue weighted by Crippen LogP contribution is 2.38. The van der Waals surface area contributed by atoms with E-state index in [4.69, 9.17) is 0 Å². The summed E-state index contributed by atoms with van der Waals surface area (Å²) in [5.41, 5.74) is 1.32. The fraction of sp³-hybridized carbons (Fsp3) is 0.462. The van der Waals surface area contributed by atoms with Gasteiger partial charge < -0.3 is 4.90 Å². The third-order valence-electron chi connectivity index (χ3n) is 3.36. The fourth-order valence-electron chi connectivity index (χ4n) is 2.44. The van der Waals surface area contributed by atoms with E-state index in [1.54, 1.807) is 11.8 Å². The van der Waals surface area contributed by atoms with E-state index >= 15 is 0 Å². The number of thioether (sulfide) groups is 1. The van der Waals surface area contributed by atoms with Crippen LogP contribution >= 0.6 is 27.7 Å². The maximum absolute atomic E-state index is 12.3. The van der Waals surface area contributed by atoms with Gasteiger partial charge in [0.05, 0.1) is 5.25 Å². The SMILES string of the molecule is O=C(C1Cc2ccccc2S1)N1CCC(Br)C1. The Hall–Kier alpha value is -0.480. The van der Waals surface area contributed by atoms with Gasteiger partial charge in [0.2, 0.25) is 5.91 Å².